The van der Waals surface area contributed by atoms with Crippen LogP contribution in [0.1, 0.15) is 53.4 Å². The van der Waals surface area contributed by atoms with Crippen LogP contribution >= 0.6 is 0 Å². The van der Waals surface area contributed by atoms with Crippen LogP contribution in [-0.4, -0.2) is 23.2 Å². The van der Waals surface area contributed by atoms with E-state index in [4.69, 9.17) is 5.11 Å². The molecule has 0 aliphatic rings. The van der Waals surface area contributed by atoms with E-state index in [1.54, 1.807) is 0 Å². The highest BCUT2D eigenvalue weighted by atomic mass is 16.4. The smallest absolute Gasteiger partial charge is 0.320 e. The largest absolute Gasteiger partial charge is 0.480 e. The molecule has 3 heteroatoms. The zero-order chi connectivity index (χ0) is 11.8. The van der Waals surface area contributed by atoms with Crippen LogP contribution in [0, 0.1) is 5.92 Å². The molecule has 0 aromatic rings. The third-order valence-electron chi connectivity index (χ3n) is 3.10. The Morgan fingerprint density at radius 1 is 1.27 bits per heavy atom. The summed E-state index contributed by atoms with van der Waals surface area (Å²) in [4.78, 5) is 11.0. The summed E-state index contributed by atoms with van der Waals surface area (Å²) in [6, 6.07) is -0.0988. The molecule has 0 saturated carbocycles. The number of aliphatic carboxylic acids is 1. The van der Waals surface area contributed by atoms with E-state index in [0.29, 0.717) is 12.3 Å². The summed E-state index contributed by atoms with van der Waals surface area (Å²) >= 11 is 0. The molecule has 2 N–H and O–H groups in total. The van der Waals surface area contributed by atoms with E-state index < -0.39 is 5.97 Å². The first kappa shape index (κ1) is 14.4. The average molecular weight is 215 g/mol. The second kappa shape index (κ2) is 7.69. The molecular weight excluding hydrogens is 190 g/mol. The quantitative estimate of drug-likeness (QED) is 0.654. The number of carboxylic acid groups (broad SMARTS) is 1. The molecule has 0 aromatic carbocycles. The van der Waals surface area contributed by atoms with Gasteiger partial charge in [-0.2, -0.15) is 0 Å². The van der Waals surface area contributed by atoms with Crippen molar-refractivity contribution in [2.45, 2.75) is 65.5 Å². The van der Waals surface area contributed by atoms with Crippen LogP contribution in [0.4, 0.5) is 0 Å². The van der Waals surface area contributed by atoms with Crippen LogP contribution < -0.4 is 5.32 Å². The van der Waals surface area contributed by atoms with Gasteiger partial charge in [0.2, 0.25) is 0 Å². The molecular formula is C12H25NO2. The molecule has 0 spiro atoms. The van der Waals surface area contributed by atoms with Gasteiger partial charge in [0.1, 0.15) is 6.04 Å². The predicted octanol–water partition coefficient (Wildman–Crippen LogP) is 2.65. The second-order valence-corrected chi connectivity index (χ2v) is 4.21. The van der Waals surface area contributed by atoms with Crippen molar-refractivity contribution < 1.29 is 9.90 Å². The number of carboxylic acids is 1. The highest BCUT2D eigenvalue weighted by Gasteiger charge is 2.21. The minimum Gasteiger partial charge on any atom is -0.480 e. The van der Waals surface area contributed by atoms with E-state index in [-0.39, 0.29) is 12.1 Å². The molecule has 2 atom stereocenters. The molecule has 0 radical (unpaired) electrons. The summed E-state index contributed by atoms with van der Waals surface area (Å²) in [5.74, 6) is -0.154. The van der Waals surface area contributed by atoms with Crippen molar-refractivity contribution in [3.8, 4) is 0 Å². The predicted molar refractivity (Wildman–Crippen MR) is 63.0 cm³/mol. The van der Waals surface area contributed by atoms with Crippen molar-refractivity contribution in [3.05, 3.63) is 0 Å². The average Bonchev–Trinajstić information content (AvgIpc) is 2.18. The fourth-order valence-electron chi connectivity index (χ4n) is 2.02. The van der Waals surface area contributed by atoms with Crippen molar-refractivity contribution in [1.29, 1.82) is 0 Å². The van der Waals surface area contributed by atoms with Crippen LogP contribution in [0.2, 0.25) is 0 Å². The van der Waals surface area contributed by atoms with Crippen molar-refractivity contribution in [3.63, 3.8) is 0 Å². The lowest BCUT2D eigenvalue weighted by Crippen LogP contribution is -2.45. The van der Waals surface area contributed by atoms with Gasteiger partial charge in [0, 0.05) is 6.04 Å². The van der Waals surface area contributed by atoms with Gasteiger partial charge in [0.05, 0.1) is 0 Å². The Labute approximate surface area is 93.3 Å². The van der Waals surface area contributed by atoms with E-state index in [1.165, 1.54) is 0 Å². The highest BCUT2D eigenvalue weighted by molar-refractivity contribution is 5.73. The zero-order valence-corrected chi connectivity index (χ0v) is 10.4. The summed E-state index contributed by atoms with van der Waals surface area (Å²) in [6.45, 7) is 8.41. The van der Waals surface area contributed by atoms with Crippen LogP contribution in [0.25, 0.3) is 0 Å². The Morgan fingerprint density at radius 3 is 2.13 bits per heavy atom. The fourth-order valence-corrected chi connectivity index (χ4v) is 2.02. The molecule has 0 aliphatic carbocycles. The molecule has 15 heavy (non-hydrogen) atoms. The Balaban J connectivity index is 4.20. The zero-order valence-electron chi connectivity index (χ0n) is 10.4. The number of carbonyl (C=O) groups is 1. The first-order valence-electron chi connectivity index (χ1n) is 6.05. The number of nitrogens with one attached hydrogen (secondary N) is 1. The summed E-state index contributed by atoms with van der Waals surface area (Å²) in [6.07, 6.45) is 3.81. The van der Waals surface area contributed by atoms with Crippen molar-refractivity contribution in [2.75, 3.05) is 0 Å². The third kappa shape index (κ3) is 5.17. The maximum Gasteiger partial charge on any atom is 0.320 e. The summed E-state index contributed by atoms with van der Waals surface area (Å²) in [5.41, 5.74) is 0. The summed E-state index contributed by atoms with van der Waals surface area (Å²) in [5, 5.41) is 12.2. The minimum absolute atomic E-state index is 0.285. The second-order valence-electron chi connectivity index (χ2n) is 4.21. The lowest BCUT2D eigenvalue weighted by molar-refractivity contribution is -0.140. The lowest BCUT2D eigenvalue weighted by atomic mass is 9.94. The highest BCUT2D eigenvalue weighted by Crippen LogP contribution is 2.14. The molecule has 2 unspecified atom stereocenters. The van der Waals surface area contributed by atoms with Crippen molar-refractivity contribution in [2.24, 2.45) is 5.92 Å². The van der Waals surface area contributed by atoms with Gasteiger partial charge in [-0.3, -0.25) is 4.79 Å². The molecule has 0 saturated heterocycles. The molecule has 3 nitrogen and oxygen atoms in total. The van der Waals surface area contributed by atoms with Gasteiger partial charge >= 0.3 is 5.97 Å². The number of hydrogen-bond donors (Lipinski definition) is 2. The maximum atomic E-state index is 11.0. The van der Waals surface area contributed by atoms with Crippen LogP contribution in [0.3, 0.4) is 0 Å². The molecule has 0 aromatic heterocycles. The Bertz CT molecular complexity index is 178. The first-order valence-corrected chi connectivity index (χ1v) is 6.05. The van der Waals surface area contributed by atoms with E-state index in [0.717, 1.165) is 19.3 Å². The topological polar surface area (TPSA) is 49.3 Å². The van der Waals surface area contributed by atoms with Gasteiger partial charge in [-0.05, 0) is 19.3 Å². The monoisotopic (exact) mass is 215 g/mol. The van der Waals surface area contributed by atoms with Gasteiger partial charge < -0.3 is 10.4 Å². The summed E-state index contributed by atoms with van der Waals surface area (Å²) in [7, 11) is 0. The van der Waals surface area contributed by atoms with E-state index >= 15 is 0 Å². The molecule has 0 fully saturated rings. The first-order chi connectivity index (χ1) is 7.06. The van der Waals surface area contributed by atoms with E-state index in [2.05, 4.69) is 26.1 Å². The Kier molecular flexibility index (Phi) is 7.39. The molecule has 90 valence electrons. The van der Waals surface area contributed by atoms with Crippen molar-refractivity contribution in [1.82, 2.24) is 5.32 Å². The van der Waals surface area contributed by atoms with Gasteiger partial charge in [-0.15, -0.1) is 0 Å². The molecule has 0 bridgehead atoms. The van der Waals surface area contributed by atoms with Gasteiger partial charge in [0.15, 0.2) is 0 Å². The standard InChI is InChI=1S/C12H25NO2/c1-5-8-11(12(14)15)13-9(4)10(6-2)7-3/h9-11,13H,5-8H2,1-4H3,(H,14,15). The Hall–Kier alpha value is -0.570. The lowest BCUT2D eigenvalue weighted by Gasteiger charge is -2.26. The van der Waals surface area contributed by atoms with Crippen LogP contribution in [0.5, 0.6) is 0 Å². The van der Waals surface area contributed by atoms with Gasteiger partial charge in [-0.1, -0.05) is 40.0 Å². The number of hydrogen-bond acceptors (Lipinski definition) is 2. The van der Waals surface area contributed by atoms with Crippen molar-refractivity contribution >= 4 is 5.97 Å². The van der Waals surface area contributed by atoms with E-state index in [1.807, 2.05) is 6.92 Å². The normalized spacial score (nSPS) is 15.3. The molecule has 0 amide bonds. The number of rotatable bonds is 8. The third-order valence-corrected chi connectivity index (χ3v) is 3.10. The van der Waals surface area contributed by atoms with E-state index in [9.17, 15) is 4.79 Å². The summed E-state index contributed by atoms with van der Waals surface area (Å²) < 4.78 is 0. The van der Waals surface area contributed by atoms with Crippen LogP contribution in [-0.2, 0) is 4.79 Å². The van der Waals surface area contributed by atoms with Crippen LogP contribution in [0.15, 0.2) is 0 Å². The SMILES string of the molecule is CCCC(NC(C)C(CC)CC)C(=O)O. The van der Waals surface area contributed by atoms with Gasteiger partial charge in [-0.25, -0.2) is 0 Å². The van der Waals surface area contributed by atoms with Gasteiger partial charge in [0.25, 0.3) is 0 Å². The molecule has 0 rings (SSSR count). The maximum absolute atomic E-state index is 11.0. The molecule has 0 aliphatic heterocycles. The molecule has 0 heterocycles. The fraction of sp³-hybridized carbons (Fsp3) is 0.917. The Morgan fingerprint density at radius 2 is 1.80 bits per heavy atom. The minimum atomic E-state index is -0.727.